The maximum Gasteiger partial charge on any atom is 0.327 e. The predicted octanol–water partition coefficient (Wildman–Crippen LogP) is -0.584. The lowest BCUT2D eigenvalue weighted by Gasteiger charge is -2.25. The number of carbonyl (C=O) groups excluding carboxylic acids is 3. The molecule has 2 heterocycles. The molecule has 0 aliphatic carbocycles. The van der Waals surface area contributed by atoms with E-state index >= 15 is 0 Å². The van der Waals surface area contributed by atoms with Gasteiger partial charge in [-0.1, -0.05) is 30.3 Å². The Bertz CT molecular complexity index is 997. The molecule has 2 aromatic rings. The summed E-state index contributed by atoms with van der Waals surface area (Å²) in [5.74, 6) is -2.87. The molecular formula is C23H30N6O5S. The molecule has 1 saturated heterocycles. The molecule has 1 aromatic carbocycles. The van der Waals surface area contributed by atoms with Crippen LogP contribution in [0.2, 0.25) is 0 Å². The number of thiol groups is 1. The number of hydrogen-bond donors (Lipinski definition) is 7. The van der Waals surface area contributed by atoms with Crippen LogP contribution < -0.4 is 21.3 Å². The van der Waals surface area contributed by atoms with Gasteiger partial charge < -0.3 is 31.4 Å². The van der Waals surface area contributed by atoms with Crippen molar-refractivity contribution in [3.8, 4) is 0 Å². The molecule has 35 heavy (non-hydrogen) atoms. The number of carboxylic acids is 1. The van der Waals surface area contributed by atoms with Gasteiger partial charge in [0, 0.05) is 30.5 Å². The highest BCUT2D eigenvalue weighted by molar-refractivity contribution is 7.80. The van der Waals surface area contributed by atoms with Gasteiger partial charge in [-0.3, -0.25) is 14.4 Å². The Hall–Kier alpha value is -3.38. The molecule has 12 heteroatoms. The summed E-state index contributed by atoms with van der Waals surface area (Å²) in [4.78, 5) is 57.3. The Kier molecular flexibility index (Phi) is 9.67. The number of nitrogens with zero attached hydrogens (tertiary/aromatic N) is 1. The van der Waals surface area contributed by atoms with Gasteiger partial charge >= 0.3 is 5.97 Å². The third kappa shape index (κ3) is 7.82. The van der Waals surface area contributed by atoms with E-state index in [1.807, 2.05) is 6.07 Å². The number of aliphatic carboxylic acids is 1. The fourth-order valence-corrected chi connectivity index (χ4v) is 4.04. The smallest absolute Gasteiger partial charge is 0.327 e. The Morgan fingerprint density at radius 3 is 2.29 bits per heavy atom. The van der Waals surface area contributed by atoms with Crippen LogP contribution in [0.5, 0.6) is 0 Å². The van der Waals surface area contributed by atoms with E-state index in [-0.39, 0.29) is 30.5 Å². The average Bonchev–Trinajstić information content (AvgIpc) is 3.56. The van der Waals surface area contributed by atoms with Crippen LogP contribution in [0.3, 0.4) is 0 Å². The van der Waals surface area contributed by atoms with E-state index in [2.05, 4.69) is 43.9 Å². The average molecular weight is 503 g/mol. The SMILES string of the molecule is O=C(O)C(CS)NC(=O)C(Cc1ccccc1)NC(=O)C(Cc1cnc[nH]1)NC(=O)C1CCCN1. The Morgan fingerprint density at radius 2 is 1.71 bits per heavy atom. The van der Waals surface area contributed by atoms with Crippen LogP contribution in [-0.2, 0) is 32.0 Å². The highest BCUT2D eigenvalue weighted by Gasteiger charge is 2.31. The van der Waals surface area contributed by atoms with E-state index in [1.165, 1.54) is 6.33 Å². The number of nitrogens with one attached hydrogen (secondary N) is 5. The van der Waals surface area contributed by atoms with Crippen LogP contribution in [0.4, 0.5) is 0 Å². The van der Waals surface area contributed by atoms with Gasteiger partial charge in [-0.2, -0.15) is 12.6 Å². The molecule has 0 bridgehead atoms. The van der Waals surface area contributed by atoms with Crippen molar-refractivity contribution in [2.45, 2.75) is 49.9 Å². The van der Waals surface area contributed by atoms with Crippen LogP contribution in [0.1, 0.15) is 24.1 Å². The molecule has 1 aliphatic rings. The third-order valence-corrected chi connectivity index (χ3v) is 6.07. The van der Waals surface area contributed by atoms with Gasteiger partial charge in [0.15, 0.2) is 0 Å². The number of hydrogen-bond acceptors (Lipinski definition) is 7. The zero-order valence-corrected chi connectivity index (χ0v) is 20.0. The van der Waals surface area contributed by atoms with Crippen LogP contribution in [0, 0.1) is 0 Å². The number of aromatic amines is 1. The van der Waals surface area contributed by atoms with Gasteiger partial charge in [0.1, 0.15) is 18.1 Å². The second-order valence-electron chi connectivity index (χ2n) is 8.32. The molecular weight excluding hydrogens is 472 g/mol. The number of H-pyrrole nitrogens is 1. The second-order valence-corrected chi connectivity index (χ2v) is 8.69. The lowest BCUT2D eigenvalue weighted by atomic mass is 10.0. The van der Waals surface area contributed by atoms with Crippen molar-refractivity contribution in [3.05, 3.63) is 54.1 Å². The van der Waals surface area contributed by atoms with Crippen molar-refractivity contribution in [1.82, 2.24) is 31.2 Å². The van der Waals surface area contributed by atoms with E-state index in [1.54, 1.807) is 30.5 Å². The molecule has 1 aliphatic heterocycles. The molecule has 0 radical (unpaired) electrons. The number of benzene rings is 1. The molecule has 11 nitrogen and oxygen atoms in total. The van der Waals surface area contributed by atoms with Crippen molar-refractivity contribution in [1.29, 1.82) is 0 Å². The summed E-state index contributed by atoms with van der Waals surface area (Å²) < 4.78 is 0. The fourth-order valence-electron chi connectivity index (χ4n) is 3.80. The van der Waals surface area contributed by atoms with Crippen LogP contribution in [-0.4, -0.2) is 75.2 Å². The molecule has 188 valence electrons. The Labute approximate surface area is 208 Å². The summed E-state index contributed by atoms with van der Waals surface area (Å²) in [6.45, 7) is 0.727. The van der Waals surface area contributed by atoms with E-state index in [4.69, 9.17) is 0 Å². The van der Waals surface area contributed by atoms with Crippen molar-refractivity contribution < 1.29 is 24.3 Å². The highest BCUT2D eigenvalue weighted by Crippen LogP contribution is 2.09. The van der Waals surface area contributed by atoms with Gasteiger partial charge in [-0.15, -0.1) is 0 Å². The van der Waals surface area contributed by atoms with E-state index in [0.717, 1.165) is 18.5 Å². The van der Waals surface area contributed by atoms with Gasteiger partial charge in [0.25, 0.3) is 0 Å². The van der Waals surface area contributed by atoms with Crippen molar-refractivity contribution in [2.75, 3.05) is 12.3 Å². The maximum atomic E-state index is 13.3. The lowest BCUT2D eigenvalue weighted by Crippen LogP contribution is -2.58. The summed E-state index contributed by atoms with van der Waals surface area (Å²) in [6, 6.07) is 5.38. The normalized spacial score (nSPS) is 17.7. The van der Waals surface area contributed by atoms with E-state index in [9.17, 15) is 24.3 Å². The summed E-state index contributed by atoms with van der Waals surface area (Å²) in [6.07, 6.45) is 4.83. The van der Waals surface area contributed by atoms with Crippen molar-refractivity contribution in [3.63, 3.8) is 0 Å². The van der Waals surface area contributed by atoms with Crippen LogP contribution in [0.25, 0.3) is 0 Å². The standard InChI is InChI=1S/C23H30N6O5S/c30-20(16-7-4-8-25-16)28-18(10-15-11-24-13-26-15)22(32)27-17(9-14-5-2-1-3-6-14)21(31)29-19(12-35)23(33)34/h1-3,5-6,11,13,16-19,25,35H,4,7-10,12H2,(H,24,26)(H,27,32)(H,28,30)(H,29,31)(H,33,34). The van der Waals surface area contributed by atoms with E-state index in [0.29, 0.717) is 12.1 Å². The topological polar surface area (TPSA) is 165 Å². The lowest BCUT2D eigenvalue weighted by molar-refractivity contribution is -0.141. The molecule has 0 saturated carbocycles. The number of carboxylic acid groups (broad SMARTS) is 1. The monoisotopic (exact) mass is 502 g/mol. The number of carbonyl (C=O) groups is 4. The largest absolute Gasteiger partial charge is 0.480 e. The highest BCUT2D eigenvalue weighted by atomic mass is 32.1. The van der Waals surface area contributed by atoms with Crippen molar-refractivity contribution >= 4 is 36.3 Å². The summed E-state index contributed by atoms with van der Waals surface area (Å²) in [5, 5.41) is 20.3. The van der Waals surface area contributed by atoms with Gasteiger partial charge in [-0.05, 0) is 24.9 Å². The fraction of sp³-hybridized carbons (Fsp3) is 0.435. The third-order valence-electron chi connectivity index (χ3n) is 5.70. The number of imidazole rings is 1. The van der Waals surface area contributed by atoms with Crippen molar-refractivity contribution in [2.24, 2.45) is 0 Å². The minimum absolute atomic E-state index is 0.111. The molecule has 1 aromatic heterocycles. The molecule has 3 amide bonds. The zero-order chi connectivity index (χ0) is 25.2. The first-order chi connectivity index (χ1) is 16.9. The van der Waals surface area contributed by atoms with E-state index < -0.39 is 35.9 Å². The zero-order valence-electron chi connectivity index (χ0n) is 19.1. The summed E-state index contributed by atoms with van der Waals surface area (Å²) in [5.41, 5.74) is 1.41. The first-order valence-electron chi connectivity index (χ1n) is 11.4. The van der Waals surface area contributed by atoms with Crippen LogP contribution >= 0.6 is 12.6 Å². The summed E-state index contributed by atoms with van der Waals surface area (Å²) >= 11 is 3.98. The Balaban J connectivity index is 1.77. The van der Waals surface area contributed by atoms with Gasteiger partial charge in [0.05, 0.1) is 12.4 Å². The van der Waals surface area contributed by atoms with Gasteiger partial charge in [-0.25, -0.2) is 9.78 Å². The van der Waals surface area contributed by atoms with Gasteiger partial charge in [0.2, 0.25) is 17.7 Å². The number of rotatable bonds is 12. The molecule has 0 spiro atoms. The second kappa shape index (κ2) is 12.9. The predicted molar refractivity (Wildman–Crippen MR) is 131 cm³/mol. The quantitative estimate of drug-likeness (QED) is 0.191. The Morgan fingerprint density at radius 1 is 1.03 bits per heavy atom. The van der Waals surface area contributed by atoms with Crippen LogP contribution in [0.15, 0.2) is 42.9 Å². The first-order valence-corrected chi connectivity index (χ1v) is 12.0. The molecule has 4 atom stereocenters. The minimum Gasteiger partial charge on any atom is -0.480 e. The first kappa shape index (κ1) is 26.2. The molecule has 1 fully saturated rings. The maximum absolute atomic E-state index is 13.3. The molecule has 6 N–H and O–H groups in total. The summed E-state index contributed by atoms with van der Waals surface area (Å²) in [7, 11) is 0. The number of amides is 3. The molecule has 4 unspecified atom stereocenters. The number of aromatic nitrogens is 2. The molecule has 3 rings (SSSR count). The minimum atomic E-state index is -1.23.